The Morgan fingerprint density at radius 2 is 2.00 bits per heavy atom. The summed E-state index contributed by atoms with van der Waals surface area (Å²) in [6, 6.07) is 6.26. The highest BCUT2D eigenvalue weighted by atomic mass is 16.5. The van der Waals surface area contributed by atoms with Gasteiger partial charge < -0.3 is 15.8 Å². The molecule has 0 heterocycles. The number of nitrogens with two attached hydrogens (primary N) is 1. The van der Waals surface area contributed by atoms with E-state index in [2.05, 4.69) is 19.2 Å². The molecule has 0 aliphatic carbocycles. The van der Waals surface area contributed by atoms with Crippen molar-refractivity contribution in [2.75, 3.05) is 18.2 Å². The summed E-state index contributed by atoms with van der Waals surface area (Å²) in [7, 11) is 1.68. The van der Waals surface area contributed by atoms with Crippen LogP contribution in [-0.2, 0) is 0 Å². The van der Waals surface area contributed by atoms with Crippen molar-refractivity contribution in [1.29, 1.82) is 0 Å². The lowest BCUT2D eigenvalue weighted by atomic mass is 10.0. The van der Waals surface area contributed by atoms with E-state index in [4.69, 9.17) is 10.5 Å². The molecule has 0 bridgehead atoms. The third-order valence-electron chi connectivity index (χ3n) is 3.16. The summed E-state index contributed by atoms with van der Waals surface area (Å²) in [6.45, 7) is 4.44. The highest BCUT2D eigenvalue weighted by Crippen LogP contribution is 2.26. The van der Waals surface area contributed by atoms with E-state index in [1.165, 1.54) is 32.1 Å². The van der Waals surface area contributed by atoms with E-state index < -0.39 is 0 Å². The van der Waals surface area contributed by atoms with Crippen LogP contribution in [0.4, 0.5) is 11.4 Å². The van der Waals surface area contributed by atoms with E-state index in [1.807, 2.05) is 18.2 Å². The van der Waals surface area contributed by atoms with E-state index in [1.54, 1.807) is 7.11 Å². The summed E-state index contributed by atoms with van der Waals surface area (Å²) in [6.07, 6.45) is 6.04. The molecule has 0 saturated carbocycles. The van der Waals surface area contributed by atoms with Crippen LogP contribution in [0.15, 0.2) is 18.2 Å². The standard InChI is InChI=1S/C15H26N2O/c1-4-6-8-12(7-5-2)17-15-11-13(18-3)9-10-14(15)16/h9-12,17H,4-8,16H2,1-3H3. The van der Waals surface area contributed by atoms with Crippen LogP contribution in [0.3, 0.4) is 0 Å². The zero-order valence-electron chi connectivity index (χ0n) is 11.8. The first-order valence-electron chi connectivity index (χ1n) is 6.91. The van der Waals surface area contributed by atoms with Crippen LogP contribution >= 0.6 is 0 Å². The fraction of sp³-hybridized carbons (Fsp3) is 0.600. The Morgan fingerprint density at radius 1 is 1.22 bits per heavy atom. The molecule has 0 aliphatic rings. The van der Waals surface area contributed by atoms with Crippen molar-refractivity contribution in [3.8, 4) is 5.75 Å². The molecule has 0 fully saturated rings. The second-order valence-corrected chi connectivity index (χ2v) is 4.73. The first-order valence-corrected chi connectivity index (χ1v) is 6.91. The molecule has 1 rings (SSSR count). The van der Waals surface area contributed by atoms with Crippen molar-refractivity contribution in [3.63, 3.8) is 0 Å². The molecule has 3 N–H and O–H groups in total. The predicted octanol–water partition coefficient (Wildman–Crippen LogP) is 4.05. The lowest BCUT2D eigenvalue weighted by molar-refractivity contribution is 0.415. The summed E-state index contributed by atoms with van der Waals surface area (Å²) >= 11 is 0. The summed E-state index contributed by atoms with van der Waals surface area (Å²) in [5.41, 5.74) is 7.77. The molecular formula is C15H26N2O. The number of nitrogen functional groups attached to an aromatic ring is 1. The minimum Gasteiger partial charge on any atom is -0.497 e. The molecule has 0 radical (unpaired) electrons. The zero-order chi connectivity index (χ0) is 13.4. The Morgan fingerprint density at radius 3 is 2.61 bits per heavy atom. The first-order chi connectivity index (χ1) is 8.71. The summed E-state index contributed by atoms with van der Waals surface area (Å²) in [5, 5.41) is 3.55. The van der Waals surface area contributed by atoms with Crippen molar-refractivity contribution in [2.24, 2.45) is 0 Å². The highest BCUT2D eigenvalue weighted by Gasteiger charge is 2.09. The molecular weight excluding hydrogens is 224 g/mol. The van der Waals surface area contributed by atoms with Crippen LogP contribution in [-0.4, -0.2) is 13.2 Å². The molecule has 1 aromatic rings. The van der Waals surface area contributed by atoms with Gasteiger partial charge in [-0.1, -0.05) is 33.1 Å². The van der Waals surface area contributed by atoms with Crippen LogP contribution in [0.2, 0.25) is 0 Å². The third kappa shape index (κ3) is 4.47. The molecule has 102 valence electrons. The van der Waals surface area contributed by atoms with Crippen molar-refractivity contribution < 1.29 is 4.74 Å². The second-order valence-electron chi connectivity index (χ2n) is 4.73. The van der Waals surface area contributed by atoms with Gasteiger partial charge in [-0.25, -0.2) is 0 Å². The average molecular weight is 250 g/mol. The van der Waals surface area contributed by atoms with Crippen LogP contribution in [0.1, 0.15) is 46.0 Å². The van der Waals surface area contributed by atoms with Crippen molar-refractivity contribution in [2.45, 2.75) is 52.0 Å². The van der Waals surface area contributed by atoms with Gasteiger partial charge in [-0.05, 0) is 25.0 Å². The number of benzene rings is 1. The summed E-state index contributed by atoms with van der Waals surface area (Å²) in [4.78, 5) is 0. The van der Waals surface area contributed by atoms with Crippen molar-refractivity contribution in [3.05, 3.63) is 18.2 Å². The van der Waals surface area contributed by atoms with Gasteiger partial charge in [-0.2, -0.15) is 0 Å². The topological polar surface area (TPSA) is 47.3 Å². The van der Waals surface area contributed by atoms with Gasteiger partial charge in [0.25, 0.3) is 0 Å². The maximum atomic E-state index is 6.00. The number of hydrogen-bond acceptors (Lipinski definition) is 3. The van der Waals surface area contributed by atoms with Crippen LogP contribution < -0.4 is 15.8 Å². The average Bonchev–Trinajstić information content (AvgIpc) is 2.38. The van der Waals surface area contributed by atoms with Crippen molar-refractivity contribution in [1.82, 2.24) is 0 Å². The number of anilines is 2. The van der Waals surface area contributed by atoms with E-state index >= 15 is 0 Å². The van der Waals surface area contributed by atoms with Crippen LogP contribution in [0.5, 0.6) is 5.75 Å². The van der Waals surface area contributed by atoms with E-state index in [0.29, 0.717) is 6.04 Å². The second kappa shape index (κ2) is 7.85. The number of ether oxygens (including phenoxy) is 1. The third-order valence-corrected chi connectivity index (χ3v) is 3.16. The fourth-order valence-electron chi connectivity index (χ4n) is 2.09. The maximum absolute atomic E-state index is 6.00. The normalized spacial score (nSPS) is 12.2. The SMILES string of the molecule is CCCCC(CCC)Nc1cc(OC)ccc1N. The minimum absolute atomic E-state index is 0.504. The predicted molar refractivity (Wildman–Crippen MR) is 79.3 cm³/mol. The molecule has 0 aliphatic heterocycles. The van der Waals surface area contributed by atoms with Gasteiger partial charge >= 0.3 is 0 Å². The number of methoxy groups -OCH3 is 1. The van der Waals surface area contributed by atoms with Gasteiger partial charge in [-0.15, -0.1) is 0 Å². The first kappa shape index (κ1) is 14.7. The molecule has 1 atom stereocenters. The monoisotopic (exact) mass is 250 g/mol. The van der Waals surface area contributed by atoms with Crippen LogP contribution in [0.25, 0.3) is 0 Å². The lowest BCUT2D eigenvalue weighted by Gasteiger charge is -2.20. The Balaban J connectivity index is 2.72. The summed E-state index contributed by atoms with van der Waals surface area (Å²) < 4.78 is 5.24. The van der Waals surface area contributed by atoms with Gasteiger partial charge in [0.2, 0.25) is 0 Å². The lowest BCUT2D eigenvalue weighted by Crippen LogP contribution is -2.20. The van der Waals surface area contributed by atoms with E-state index in [-0.39, 0.29) is 0 Å². The molecule has 0 spiro atoms. The maximum Gasteiger partial charge on any atom is 0.121 e. The number of rotatable bonds is 8. The fourth-order valence-corrected chi connectivity index (χ4v) is 2.09. The van der Waals surface area contributed by atoms with E-state index in [0.717, 1.165) is 17.1 Å². The number of hydrogen-bond donors (Lipinski definition) is 2. The van der Waals surface area contributed by atoms with Gasteiger partial charge in [-0.3, -0.25) is 0 Å². The molecule has 1 unspecified atom stereocenters. The van der Waals surface area contributed by atoms with Gasteiger partial charge in [0.1, 0.15) is 5.75 Å². The molecule has 3 heteroatoms. The van der Waals surface area contributed by atoms with E-state index in [9.17, 15) is 0 Å². The summed E-state index contributed by atoms with van der Waals surface area (Å²) in [5.74, 6) is 0.845. The zero-order valence-corrected chi connectivity index (χ0v) is 11.8. The van der Waals surface area contributed by atoms with Gasteiger partial charge in [0, 0.05) is 12.1 Å². The Bertz CT molecular complexity index is 352. The molecule has 1 aromatic carbocycles. The largest absolute Gasteiger partial charge is 0.497 e. The Kier molecular flexibility index (Phi) is 6.40. The smallest absolute Gasteiger partial charge is 0.121 e. The molecule has 0 amide bonds. The number of unbranched alkanes of at least 4 members (excludes halogenated alkanes) is 1. The molecule has 0 aromatic heterocycles. The number of nitrogens with one attached hydrogen (secondary N) is 1. The Labute approximate surface area is 111 Å². The van der Waals surface area contributed by atoms with Crippen molar-refractivity contribution >= 4 is 11.4 Å². The Hall–Kier alpha value is -1.38. The van der Waals surface area contributed by atoms with Gasteiger partial charge in [0.15, 0.2) is 0 Å². The van der Waals surface area contributed by atoms with Crippen LogP contribution in [0, 0.1) is 0 Å². The molecule has 3 nitrogen and oxygen atoms in total. The highest BCUT2D eigenvalue weighted by molar-refractivity contribution is 5.68. The molecule has 18 heavy (non-hydrogen) atoms. The van der Waals surface area contributed by atoms with Gasteiger partial charge in [0.05, 0.1) is 18.5 Å². The molecule has 0 saturated heterocycles. The quantitative estimate of drug-likeness (QED) is 0.684. The minimum atomic E-state index is 0.504.